The van der Waals surface area contributed by atoms with Crippen LogP contribution in [0.25, 0.3) is 22.2 Å². The molecule has 0 fully saturated rings. The first-order chi connectivity index (χ1) is 14.1. The fourth-order valence-corrected chi connectivity index (χ4v) is 3.59. The number of ether oxygens (including phenoxy) is 2. The van der Waals surface area contributed by atoms with Crippen molar-refractivity contribution >= 4 is 28.5 Å². The molecule has 0 aliphatic carbocycles. The summed E-state index contributed by atoms with van der Waals surface area (Å²) >= 11 is 6.20. The number of benzene rings is 2. The molecule has 0 spiro atoms. The van der Waals surface area contributed by atoms with Crippen molar-refractivity contribution in [1.82, 2.24) is 9.97 Å². The number of H-pyrrole nitrogens is 1. The third-order valence-corrected chi connectivity index (χ3v) is 5.02. The minimum atomic E-state index is -0.453. The second-order valence-corrected chi connectivity index (χ2v) is 7.02. The Labute approximate surface area is 173 Å². The molecule has 1 N–H and O–H groups in total. The van der Waals surface area contributed by atoms with Crippen molar-refractivity contribution in [2.75, 3.05) is 14.2 Å². The Morgan fingerprint density at radius 3 is 2.69 bits per heavy atom. The molecule has 4 aromatic rings. The number of nitrogens with one attached hydrogen (secondary N) is 1. The Bertz CT molecular complexity index is 1200. The van der Waals surface area contributed by atoms with E-state index in [0.29, 0.717) is 11.4 Å². The molecule has 0 bridgehead atoms. The zero-order valence-electron chi connectivity index (χ0n) is 16.0. The van der Waals surface area contributed by atoms with Gasteiger partial charge in [-0.15, -0.1) is 0 Å². The number of esters is 1. The lowest BCUT2D eigenvalue weighted by Crippen LogP contribution is -2.06. The van der Waals surface area contributed by atoms with Gasteiger partial charge in [-0.25, -0.2) is 9.78 Å². The first-order valence-corrected chi connectivity index (χ1v) is 9.45. The van der Waals surface area contributed by atoms with Crippen LogP contribution in [0.3, 0.4) is 0 Å². The van der Waals surface area contributed by atoms with E-state index < -0.39 is 5.97 Å². The van der Waals surface area contributed by atoms with Crippen molar-refractivity contribution in [3.05, 3.63) is 82.6 Å². The Balaban J connectivity index is 1.85. The number of hydrogen-bond acceptors (Lipinski definition) is 4. The van der Waals surface area contributed by atoms with Gasteiger partial charge in [0.05, 0.1) is 19.9 Å². The van der Waals surface area contributed by atoms with Gasteiger partial charge in [0.1, 0.15) is 11.4 Å². The van der Waals surface area contributed by atoms with Crippen LogP contribution >= 0.6 is 11.6 Å². The fourth-order valence-electron chi connectivity index (χ4n) is 3.41. The van der Waals surface area contributed by atoms with E-state index in [-0.39, 0.29) is 5.69 Å². The highest BCUT2D eigenvalue weighted by Gasteiger charge is 2.16. The van der Waals surface area contributed by atoms with E-state index in [4.69, 9.17) is 21.1 Å². The molecular weight excluding hydrogens is 388 g/mol. The maximum Gasteiger partial charge on any atom is 0.356 e. The lowest BCUT2D eigenvalue weighted by atomic mass is 10.0. The number of pyridine rings is 1. The fraction of sp³-hybridized carbons (Fsp3) is 0.130. The number of rotatable bonds is 5. The van der Waals surface area contributed by atoms with E-state index in [9.17, 15) is 4.79 Å². The zero-order chi connectivity index (χ0) is 20.4. The van der Waals surface area contributed by atoms with E-state index in [0.717, 1.165) is 39.2 Å². The van der Waals surface area contributed by atoms with Gasteiger partial charge in [-0.1, -0.05) is 35.9 Å². The molecule has 2 aromatic heterocycles. The van der Waals surface area contributed by atoms with Gasteiger partial charge in [0.25, 0.3) is 0 Å². The molecule has 0 aliphatic rings. The Kier molecular flexibility index (Phi) is 5.23. The first kappa shape index (κ1) is 19.0. The zero-order valence-corrected chi connectivity index (χ0v) is 16.8. The molecule has 0 atom stereocenters. The SMILES string of the molecule is COC(=O)c1cccc(Cc2c(-c3cccc(OC)c3)[nH]c3cc(Cl)ccc23)n1. The number of hydrogen-bond donors (Lipinski definition) is 1. The molecule has 29 heavy (non-hydrogen) atoms. The van der Waals surface area contributed by atoms with Gasteiger partial charge in [0, 0.05) is 33.6 Å². The van der Waals surface area contributed by atoms with Crippen molar-refractivity contribution in [3.63, 3.8) is 0 Å². The number of aromatic nitrogens is 2. The number of carbonyl (C=O) groups excluding carboxylic acids is 1. The van der Waals surface area contributed by atoms with Gasteiger partial charge >= 0.3 is 5.97 Å². The smallest absolute Gasteiger partial charge is 0.356 e. The lowest BCUT2D eigenvalue weighted by molar-refractivity contribution is 0.0593. The summed E-state index contributed by atoms with van der Waals surface area (Å²) in [6, 6.07) is 19.0. The molecule has 0 unspecified atom stereocenters. The van der Waals surface area contributed by atoms with Crippen LogP contribution in [-0.4, -0.2) is 30.2 Å². The molecular formula is C23H19ClN2O3. The predicted octanol–water partition coefficient (Wildman–Crippen LogP) is 5.27. The molecule has 0 radical (unpaired) electrons. The van der Waals surface area contributed by atoms with E-state index in [2.05, 4.69) is 9.97 Å². The van der Waals surface area contributed by atoms with Crippen LogP contribution in [0.15, 0.2) is 60.7 Å². The van der Waals surface area contributed by atoms with Crippen LogP contribution in [0.5, 0.6) is 5.75 Å². The Morgan fingerprint density at radius 1 is 1.07 bits per heavy atom. The van der Waals surface area contributed by atoms with Crippen molar-refractivity contribution in [2.24, 2.45) is 0 Å². The second kappa shape index (κ2) is 7.97. The van der Waals surface area contributed by atoms with Gasteiger partial charge < -0.3 is 14.5 Å². The summed E-state index contributed by atoms with van der Waals surface area (Å²) < 4.78 is 10.2. The number of aromatic amines is 1. The second-order valence-electron chi connectivity index (χ2n) is 6.58. The van der Waals surface area contributed by atoms with Crippen molar-refractivity contribution < 1.29 is 14.3 Å². The van der Waals surface area contributed by atoms with Crippen molar-refractivity contribution in [2.45, 2.75) is 6.42 Å². The number of halogens is 1. The van der Waals surface area contributed by atoms with Crippen LogP contribution in [0.4, 0.5) is 0 Å². The average Bonchev–Trinajstić information content (AvgIpc) is 3.10. The number of methoxy groups -OCH3 is 2. The van der Waals surface area contributed by atoms with E-state index in [1.165, 1.54) is 7.11 Å². The third-order valence-electron chi connectivity index (χ3n) is 4.79. The predicted molar refractivity (Wildman–Crippen MR) is 114 cm³/mol. The highest BCUT2D eigenvalue weighted by Crippen LogP contribution is 2.34. The molecule has 0 amide bonds. The topological polar surface area (TPSA) is 64.2 Å². The van der Waals surface area contributed by atoms with Crippen LogP contribution < -0.4 is 4.74 Å². The van der Waals surface area contributed by atoms with Crippen molar-refractivity contribution in [1.29, 1.82) is 0 Å². The van der Waals surface area contributed by atoms with Crippen molar-refractivity contribution in [3.8, 4) is 17.0 Å². The van der Waals surface area contributed by atoms with Gasteiger partial charge in [0.2, 0.25) is 0 Å². The van der Waals surface area contributed by atoms with E-state index in [1.807, 2.05) is 54.6 Å². The van der Waals surface area contributed by atoms with Gasteiger partial charge in [-0.2, -0.15) is 0 Å². The average molecular weight is 407 g/mol. The summed E-state index contributed by atoms with van der Waals surface area (Å²) in [7, 11) is 2.99. The van der Waals surface area contributed by atoms with Crippen LogP contribution in [0, 0.1) is 0 Å². The van der Waals surface area contributed by atoms with Crippen LogP contribution in [-0.2, 0) is 11.2 Å². The van der Waals surface area contributed by atoms with Crippen LogP contribution in [0.2, 0.25) is 5.02 Å². The standard InChI is InChI=1S/C23H19ClN2O3/c1-28-17-7-3-5-14(11-17)22-19(18-10-9-15(24)12-21(18)26-22)13-16-6-4-8-20(25-16)23(27)29-2/h3-12,26H,13H2,1-2H3. The summed E-state index contributed by atoms with van der Waals surface area (Å²) in [4.78, 5) is 19.8. The minimum absolute atomic E-state index is 0.288. The Morgan fingerprint density at radius 2 is 1.90 bits per heavy atom. The monoisotopic (exact) mass is 406 g/mol. The lowest BCUT2D eigenvalue weighted by Gasteiger charge is -2.08. The molecule has 2 heterocycles. The minimum Gasteiger partial charge on any atom is -0.497 e. The molecule has 146 valence electrons. The maximum absolute atomic E-state index is 11.9. The summed E-state index contributed by atoms with van der Waals surface area (Å²) in [6.45, 7) is 0. The first-order valence-electron chi connectivity index (χ1n) is 9.08. The highest BCUT2D eigenvalue weighted by atomic mass is 35.5. The molecule has 0 saturated carbocycles. The quantitative estimate of drug-likeness (QED) is 0.458. The number of nitrogens with zero attached hydrogens (tertiary/aromatic N) is 1. The maximum atomic E-state index is 11.9. The van der Waals surface area contributed by atoms with E-state index in [1.54, 1.807) is 13.2 Å². The summed E-state index contributed by atoms with van der Waals surface area (Å²) in [5.41, 5.74) is 5.03. The van der Waals surface area contributed by atoms with Gasteiger partial charge in [0.15, 0.2) is 0 Å². The largest absolute Gasteiger partial charge is 0.497 e. The normalized spacial score (nSPS) is 10.9. The number of fused-ring (bicyclic) bond motifs is 1. The molecule has 0 saturated heterocycles. The van der Waals surface area contributed by atoms with Crippen LogP contribution in [0.1, 0.15) is 21.7 Å². The molecule has 0 aliphatic heterocycles. The molecule has 5 nitrogen and oxygen atoms in total. The van der Waals surface area contributed by atoms with E-state index >= 15 is 0 Å². The summed E-state index contributed by atoms with van der Waals surface area (Å²) in [6.07, 6.45) is 0.541. The van der Waals surface area contributed by atoms with Gasteiger partial charge in [-0.05, 0) is 42.0 Å². The number of carbonyl (C=O) groups is 1. The molecule has 6 heteroatoms. The van der Waals surface area contributed by atoms with Gasteiger partial charge in [-0.3, -0.25) is 0 Å². The summed E-state index contributed by atoms with van der Waals surface area (Å²) in [5.74, 6) is 0.321. The Hall–Kier alpha value is -3.31. The molecule has 4 rings (SSSR count). The third kappa shape index (κ3) is 3.82. The highest BCUT2D eigenvalue weighted by molar-refractivity contribution is 6.31. The molecule has 2 aromatic carbocycles. The summed E-state index contributed by atoms with van der Waals surface area (Å²) in [5, 5.41) is 1.71.